The number of nitrogens with zero attached hydrogens (tertiary/aromatic N) is 4. The minimum Gasteiger partial charge on any atom is -0.748 e. The fraction of sp³-hybridized carbons (Fsp3) is 0.400. The molecule has 3 rings (SSSR count). The van der Waals surface area contributed by atoms with Crippen LogP contribution in [0.1, 0.15) is 0 Å². The number of fused-ring (bicyclic) bond motifs is 1. The number of non-ortho nitro benzene ring substituents is 1. The lowest BCUT2D eigenvalue weighted by Crippen LogP contribution is -2.35. The smallest absolute Gasteiger partial charge is 0.273 e. The maximum absolute atomic E-state index is 10.8. The molecule has 1 aromatic carbocycles. The number of imidazole rings is 1. The first-order valence-corrected chi connectivity index (χ1v) is 9.53. The van der Waals surface area contributed by atoms with Gasteiger partial charge in [-0.2, -0.15) is 0 Å². The first-order chi connectivity index (χ1) is 12.1. The van der Waals surface area contributed by atoms with E-state index < -0.39 is 15.0 Å². The predicted molar refractivity (Wildman–Crippen MR) is 92.0 cm³/mol. The fourth-order valence-corrected chi connectivity index (χ4v) is 2.48. The molecule has 0 amide bonds. The molecule has 0 unspecified atom stereocenters. The maximum atomic E-state index is 10.8. The second kappa shape index (κ2) is 8.15. The quantitative estimate of drug-likeness (QED) is 0.321. The van der Waals surface area contributed by atoms with Crippen molar-refractivity contribution in [2.24, 2.45) is 7.05 Å². The Kier molecular flexibility index (Phi) is 6.16. The monoisotopic (exact) mass is 384 g/mol. The molecule has 0 fully saturated rings. The number of nitro groups is 1. The predicted octanol–water partition coefficient (Wildman–Crippen LogP) is 0.281. The van der Waals surface area contributed by atoms with Crippen molar-refractivity contribution in [1.82, 2.24) is 4.57 Å². The second-order valence-corrected chi connectivity index (χ2v) is 7.17. The molecule has 1 aliphatic rings. The van der Waals surface area contributed by atoms with Gasteiger partial charge in [-0.3, -0.25) is 10.1 Å². The van der Waals surface area contributed by atoms with E-state index in [4.69, 9.17) is 17.7 Å². The van der Waals surface area contributed by atoms with Crippen LogP contribution in [0.5, 0.6) is 5.75 Å². The molecule has 0 radical (unpaired) electrons. The molecule has 142 valence electrons. The van der Waals surface area contributed by atoms with Gasteiger partial charge in [-0.25, -0.2) is 17.6 Å². The number of hydrogen-bond acceptors (Lipinski definition) is 7. The van der Waals surface area contributed by atoms with Gasteiger partial charge in [0, 0.05) is 12.3 Å². The molecule has 0 saturated heterocycles. The zero-order valence-electron chi connectivity index (χ0n) is 14.4. The molecule has 2 aromatic rings. The van der Waals surface area contributed by atoms with Crippen molar-refractivity contribution in [2.75, 3.05) is 30.9 Å². The summed E-state index contributed by atoms with van der Waals surface area (Å²) >= 11 is 0. The highest BCUT2D eigenvalue weighted by atomic mass is 32.2. The molecule has 0 N–H and O–H groups in total. The normalized spacial score (nSPS) is 13.3. The molecule has 2 heterocycles. The van der Waals surface area contributed by atoms with Crippen LogP contribution < -0.4 is 14.2 Å². The van der Waals surface area contributed by atoms with Crippen LogP contribution in [0.3, 0.4) is 0 Å². The van der Waals surface area contributed by atoms with Gasteiger partial charge in [-0.15, -0.1) is 0 Å². The highest BCUT2D eigenvalue weighted by Gasteiger charge is 2.21. The van der Waals surface area contributed by atoms with E-state index in [0.717, 1.165) is 25.3 Å². The summed E-state index contributed by atoms with van der Waals surface area (Å²) in [5.41, 5.74) is 0.983. The van der Waals surface area contributed by atoms with Gasteiger partial charge in [-0.1, -0.05) is 0 Å². The van der Waals surface area contributed by atoms with Crippen LogP contribution in [0.15, 0.2) is 36.9 Å². The van der Waals surface area contributed by atoms with E-state index in [9.17, 15) is 10.1 Å². The zero-order valence-corrected chi connectivity index (χ0v) is 15.3. The number of ether oxygens (including phenoxy) is 1. The summed E-state index contributed by atoms with van der Waals surface area (Å²) in [6, 6.07) is 4.79. The van der Waals surface area contributed by atoms with Crippen LogP contribution in [-0.4, -0.2) is 48.4 Å². The van der Waals surface area contributed by atoms with Gasteiger partial charge in [0.15, 0.2) is 0 Å². The van der Waals surface area contributed by atoms with E-state index in [-0.39, 0.29) is 5.69 Å². The molecule has 0 saturated carbocycles. The largest absolute Gasteiger partial charge is 0.748 e. The summed E-state index contributed by atoms with van der Waals surface area (Å²) in [6.45, 7) is 3.03. The molecule has 0 spiro atoms. The van der Waals surface area contributed by atoms with Crippen LogP contribution in [0.2, 0.25) is 0 Å². The lowest BCUT2D eigenvalue weighted by atomic mass is 10.2. The first-order valence-electron chi connectivity index (χ1n) is 7.71. The highest BCUT2D eigenvalue weighted by molar-refractivity contribution is 7.84. The van der Waals surface area contributed by atoms with Crippen LogP contribution in [0.25, 0.3) is 0 Å². The lowest BCUT2D eigenvalue weighted by Gasteiger charge is -2.30. The van der Waals surface area contributed by atoms with Crippen molar-refractivity contribution in [3.63, 3.8) is 0 Å². The maximum Gasteiger partial charge on any atom is 0.273 e. The highest BCUT2D eigenvalue weighted by Crippen LogP contribution is 2.34. The van der Waals surface area contributed by atoms with Crippen molar-refractivity contribution in [3.05, 3.63) is 47.0 Å². The van der Waals surface area contributed by atoms with Gasteiger partial charge in [0.2, 0.25) is 6.33 Å². The summed E-state index contributed by atoms with van der Waals surface area (Å²) < 4.78 is 36.9. The third-order valence-electron chi connectivity index (χ3n) is 3.57. The van der Waals surface area contributed by atoms with Gasteiger partial charge in [-0.05, 0) is 6.07 Å². The van der Waals surface area contributed by atoms with Gasteiger partial charge in [0.25, 0.3) is 5.69 Å². The number of nitro benzene ring substituents is 1. The Morgan fingerprint density at radius 2 is 2.04 bits per heavy atom. The third kappa shape index (κ3) is 6.01. The Hall–Kier alpha value is -2.66. The van der Waals surface area contributed by atoms with Gasteiger partial charge < -0.3 is 14.2 Å². The number of hydrogen-bond donors (Lipinski definition) is 0. The van der Waals surface area contributed by atoms with Gasteiger partial charge in [0.05, 0.1) is 46.9 Å². The van der Waals surface area contributed by atoms with Crippen molar-refractivity contribution < 1.29 is 27.2 Å². The van der Waals surface area contributed by atoms with E-state index in [1.165, 1.54) is 12.1 Å². The van der Waals surface area contributed by atoms with Crippen molar-refractivity contribution >= 4 is 21.5 Å². The minimum atomic E-state index is -3.92. The van der Waals surface area contributed by atoms with Gasteiger partial charge >= 0.3 is 0 Å². The number of rotatable bonds is 4. The average Bonchev–Trinajstić information content (AvgIpc) is 2.96. The molecule has 26 heavy (non-hydrogen) atoms. The molecule has 1 aliphatic heterocycles. The summed E-state index contributed by atoms with van der Waals surface area (Å²) in [5, 5.41) is 10.8. The third-order valence-corrected chi connectivity index (χ3v) is 3.57. The van der Waals surface area contributed by atoms with Crippen LogP contribution in [0.4, 0.5) is 11.4 Å². The summed E-state index contributed by atoms with van der Waals surface area (Å²) in [4.78, 5) is 12.6. The SMILES string of the molecule is CS(=O)(=O)[O-].C[n+]1ccn(CCN2CCOc3cc([N+](=O)[O-])ccc32)c1. The molecule has 10 nitrogen and oxygen atoms in total. The van der Waals surface area contributed by atoms with Crippen LogP contribution >= 0.6 is 0 Å². The molecule has 0 atom stereocenters. The lowest BCUT2D eigenvalue weighted by molar-refractivity contribution is -0.671. The van der Waals surface area contributed by atoms with Crippen molar-refractivity contribution in [2.45, 2.75) is 6.54 Å². The molecule has 0 bridgehead atoms. The van der Waals surface area contributed by atoms with E-state index >= 15 is 0 Å². The van der Waals surface area contributed by atoms with Gasteiger partial charge in [0.1, 0.15) is 31.3 Å². The topological polar surface area (TPSA) is 122 Å². The Morgan fingerprint density at radius 1 is 1.35 bits per heavy atom. The Morgan fingerprint density at radius 3 is 2.62 bits per heavy atom. The molecular weight excluding hydrogens is 364 g/mol. The standard InChI is InChI=1S/C14H17N4O3.CH4O3S/c1-15-4-5-16(11-15)6-7-17-8-9-21-14-10-12(18(19)20)2-3-13(14)17;1-5(2,3)4/h2-5,10-11H,6-9H2,1H3;1H3,(H,2,3,4)/q+1;/p-1. The molecular formula is C15H20N4O6S. The number of aryl methyl sites for hydroxylation is 1. The first kappa shape index (κ1) is 19.7. The Balaban J connectivity index is 0.000000431. The Labute approximate surface area is 151 Å². The summed E-state index contributed by atoms with van der Waals surface area (Å²) in [6.07, 6.45) is 6.65. The number of anilines is 1. The van der Waals surface area contributed by atoms with Crippen LogP contribution in [-0.2, 0) is 23.7 Å². The van der Waals surface area contributed by atoms with E-state index in [0.29, 0.717) is 18.6 Å². The van der Waals surface area contributed by atoms with Crippen molar-refractivity contribution in [3.8, 4) is 5.75 Å². The Bertz CT molecular complexity index is 872. The number of benzene rings is 1. The average molecular weight is 384 g/mol. The second-order valence-electron chi connectivity index (χ2n) is 5.77. The van der Waals surface area contributed by atoms with E-state index in [1.54, 1.807) is 6.07 Å². The summed E-state index contributed by atoms with van der Waals surface area (Å²) in [5.74, 6) is 0.591. The summed E-state index contributed by atoms with van der Waals surface area (Å²) in [7, 11) is -1.93. The fourth-order valence-electron chi connectivity index (χ4n) is 2.48. The minimum absolute atomic E-state index is 0.0630. The molecule has 0 aliphatic carbocycles. The molecule has 11 heteroatoms. The molecule has 1 aromatic heterocycles. The number of aromatic nitrogens is 2. The van der Waals surface area contributed by atoms with E-state index in [1.807, 2.05) is 30.3 Å². The van der Waals surface area contributed by atoms with Crippen molar-refractivity contribution in [1.29, 1.82) is 0 Å². The van der Waals surface area contributed by atoms with Crippen LogP contribution in [0, 0.1) is 10.1 Å². The van der Waals surface area contributed by atoms with E-state index in [2.05, 4.69) is 9.47 Å². The zero-order chi connectivity index (χ0) is 19.3.